The summed E-state index contributed by atoms with van der Waals surface area (Å²) in [6.45, 7) is 3.57. The standard InChI is InChI=1S/C8H13N3O/c1-2-7(12)11-5-3-8(4-6-11)9-10-8/h2-6H2,1H3. The summed E-state index contributed by atoms with van der Waals surface area (Å²) in [5, 5.41) is 8.00. The Labute approximate surface area is 71.7 Å². The molecule has 1 spiro atoms. The van der Waals surface area contributed by atoms with Crippen LogP contribution in [0, 0.1) is 0 Å². The second kappa shape index (κ2) is 2.54. The molecule has 12 heavy (non-hydrogen) atoms. The highest BCUT2D eigenvalue weighted by Crippen LogP contribution is 2.38. The van der Waals surface area contributed by atoms with Crippen LogP contribution in [0.2, 0.25) is 0 Å². The monoisotopic (exact) mass is 167 g/mol. The van der Waals surface area contributed by atoms with Crippen molar-refractivity contribution in [3.05, 3.63) is 0 Å². The Bertz CT molecular complexity index is 220. The second-order valence-corrected chi connectivity index (χ2v) is 3.42. The van der Waals surface area contributed by atoms with Crippen LogP contribution in [0.5, 0.6) is 0 Å². The van der Waals surface area contributed by atoms with Crippen LogP contribution in [0.1, 0.15) is 26.2 Å². The molecule has 2 rings (SSSR count). The first-order chi connectivity index (χ1) is 5.76. The fraction of sp³-hybridized carbons (Fsp3) is 0.875. The molecule has 1 saturated heterocycles. The molecule has 1 amide bonds. The molecule has 0 N–H and O–H groups in total. The molecule has 0 aliphatic carbocycles. The molecule has 0 aromatic rings. The molecule has 1 fully saturated rings. The molecule has 0 aromatic heterocycles. The van der Waals surface area contributed by atoms with Crippen molar-refractivity contribution in [2.75, 3.05) is 13.1 Å². The fourth-order valence-electron chi connectivity index (χ4n) is 1.61. The molecule has 0 saturated carbocycles. The van der Waals surface area contributed by atoms with Crippen molar-refractivity contribution in [2.45, 2.75) is 31.8 Å². The summed E-state index contributed by atoms with van der Waals surface area (Å²) in [4.78, 5) is 13.2. The van der Waals surface area contributed by atoms with E-state index in [-0.39, 0.29) is 11.6 Å². The summed E-state index contributed by atoms with van der Waals surface area (Å²) in [7, 11) is 0. The average molecular weight is 167 g/mol. The molecular weight excluding hydrogens is 154 g/mol. The molecule has 0 radical (unpaired) electrons. The van der Waals surface area contributed by atoms with E-state index >= 15 is 0 Å². The molecule has 0 aromatic carbocycles. The van der Waals surface area contributed by atoms with Crippen LogP contribution < -0.4 is 0 Å². The summed E-state index contributed by atoms with van der Waals surface area (Å²) >= 11 is 0. The third-order valence-corrected chi connectivity index (χ3v) is 2.60. The van der Waals surface area contributed by atoms with E-state index in [0.717, 1.165) is 25.9 Å². The van der Waals surface area contributed by atoms with Gasteiger partial charge in [0.2, 0.25) is 5.91 Å². The topological polar surface area (TPSA) is 45.0 Å². The maximum absolute atomic E-state index is 11.3. The number of amides is 1. The lowest BCUT2D eigenvalue weighted by Gasteiger charge is -2.29. The highest BCUT2D eigenvalue weighted by atomic mass is 16.2. The number of hydrogen-bond acceptors (Lipinski definition) is 3. The van der Waals surface area contributed by atoms with Crippen LogP contribution in [-0.4, -0.2) is 29.6 Å². The fourth-order valence-corrected chi connectivity index (χ4v) is 1.61. The number of nitrogens with zero attached hydrogens (tertiary/aromatic N) is 3. The molecular formula is C8H13N3O. The first-order valence-electron chi connectivity index (χ1n) is 4.48. The predicted molar refractivity (Wildman–Crippen MR) is 43.7 cm³/mol. The van der Waals surface area contributed by atoms with E-state index < -0.39 is 0 Å². The van der Waals surface area contributed by atoms with E-state index in [1.54, 1.807) is 0 Å². The zero-order valence-electron chi connectivity index (χ0n) is 7.29. The Morgan fingerprint density at radius 2 is 2.00 bits per heavy atom. The van der Waals surface area contributed by atoms with Crippen molar-refractivity contribution < 1.29 is 4.79 Å². The van der Waals surface area contributed by atoms with E-state index in [1.807, 2.05) is 11.8 Å². The molecule has 0 bridgehead atoms. The normalized spacial score (nSPS) is 24.6. The zero-order chi connectivity index (χ0) is 8.60. The largest absolute Gasteiger partial charge is 0.342 e. The molecule has 4 heteroatoms. The Morgan fingerprint density at radius 1 is 1.42 bits per heavy atom. The number of carbonyl (C=O) groups is 1. The van der Waals surface area contributed by atoms with Gasteiger partial charge in [-0.3, -0.25) is 4.79 Å². The van der Waals surface area contributed by atoms with Gasteiger partial charge in [-0.25, -0.2) is 0 Å². The van der Waals surface area contributed by atoms with Gasteiger partial charge in [0.05, 0.1) is 0 Å². The van der Waals surface area contributed by atoms with Crippen molar-refractivity contribution in [1.82, 2.24) is 4.90 Å². The van der Waals surface area contributed by atoms with Gasteiger partial charge in [0, 0.05) is 32.4 Å². The van der Waals surface area contributed by atoms with Gasteiger partial charge in [0.25, 0.3) is 0 Å². The molecule has 4 nitrogen and oxygen atoms in total. The lowest BCUT2D eigenvalue weighted by molar-refractivity contribution is -0.132. The third kappa shape index (κ3) is 1.21. The predicted octanol–water partition coefficient (Wildman–Crippen LogP) is 1.18. The summed E-state index contributed by atoms with van der Waals surface area (Å²) in [5.41, 5.74) is -0.0511. The number of piperidine rings is 1. The minimum absolute atomic E-state index is 0.0511. The van der Waals surface area contributed by atoms with Gasteiger partial charge < -0.3 is 4.90 Å². The number of carbonyl (C=O) groups excluding carboxylic acids is 1. The lowest BCUT2D eigenvalue weighted by Crippen LogP contribution is -2.41. The molecule has 66 valence electrons. The first kappa shape index (κ1) is 7.71. The van der Waals surface area contributed by atoms with E-state index in [4.69, 9.17) is 0 Å². The van der Waals surface area contributed by atoms with E-state index in [2.05, 4.69) is 10.2 Å². The van der Waals surface area contributed by atoms with Gasteiger partial charge in [-0.1, -0.05) is 6.92 Å². The molecule has 0 atom stereocenters. The quantitative estimate of drug-likeness (QED) is 0.578. The van der Waals surface area contributed by atoms with Gasteiger partial charge in [-0.15, -0.1) is 0 Å². The minimum atomic E-state index is -0.0511. The highest BCUT2D eigenvalue weighted by molar-refractivity contribution is 5.75. The van der Waals surface area contributed by atoms with Crippen LogP contribution in [0.25, 0.3) is 0 Å². The maximum atomic E-state index is 11.3. The van der Waals surface area contributed by atoms with Crippen LogP contribution in [0.15, 0.2) is 10.2 Å². The van der Waals surface area contributed by atoms with Gasteiger partial charge >= 0.3 is 0 Å². The van der Waals surface area contributed by atoms with Crippen LogP contribution in [-0.2, 0) is 4.79 Å². The van der Waals surface area contributed by atoms with Crippen molar-refractivity contribution in [3.8, 4) is 0 Å². The third-order valence-electron chi connectivity index (χ3n) is 2.60. The lowest BCUT2D eigenvalue weighted by atomic mass is 10.0. The molecule has 2 aliphatic heterocycles. The molecule has 0 unspecified atom stereocenters. The van der Waals surface area contributed by atoms with Crippen LogP contribution in [0.3, 0.4) is 0 Å². The zero-order valence-corrected chi connectivity index (χ0v) is 7.29. The van der Waals surface area contributed by atoms with Crippen molar-refractivity contribution in [1.29, 1.82) is 0 Å². The first-order valence-corrected chi connectivity index (χ1v) is 4.48. The minimum Gasteiger partial charge on any atom is -0.342 e. The van der Waals surface area contributed by atoms with Crippen molar-refractivity contribution >= 4 is 5.91 Å². The maximum Gasteiger partial charge on any atom is 0.222 e. The molecule has 2 aliphatic rings. The number of hydrogen-bond donors (Lipinski definition) is 0. The summed E-state index contributed by atoms with van der Waals surface area (Å²) in [6.07, 6.45) is 2.47. The Morgan fingerprint density at radius 3 is 2.42 bits per heavy atom. The Kier molecular flexibility index (Phi) is 1.63. The van der Waals surface area contributed by atoms with Gasteiger partial charge in [-0.05, 0) is 0 Å². The summed E-state index contributed by atoms with van der Waals surface area (Å²) < 4.78 is 0. The number of likely N-dealkylation sites (tertiary alicyclic amines) is 1. The van der Waals surface area contributed by atoms with Gasteiger partial charge in [-0.2, -0.15) is 10.2 Å². The van der Waals surface area contributed by atoms with Gasteiger partial charge in [0.1, 0.15) is 0 Å². The van der Waals surface area contributed by atoms with Crippen LogP contribution >= 0.6 is 0 Å². The smallest absolute Gasteiger partial charge is 0.222 e. The second-order valence-electron chi connectivity index (χ2n) is 3.42. The van der Waals surface area contributed by atoms with E-state index in [9.17, 15) is 4.79 Å². The average Bonchev–Trinajstić information content (AvgIpc) is 2.85. The van der Waals surface area contributed by atoms with E-state index in [1.165, 1.54) is 0 Å². The van der Waals surface area contributed by atoms with Crippen molar-refractivity contribution in [2.24, 2.45) is 10.2 Å². The van der Waals surface area contributed by atoms with E-state index in [0.29, 0.717) is 6.42 Å². The Balaban J connectivity index is 1.86. The van der Waals surface area contributed by atoms with Gasteiger partial charge in [0.15, 0.2) is 5.66 Å². The Hall–Kier alpha value is -0.930. The summed E-state index contributed by atoms with van der Waals surface area (Å²) in [6, 6.07) is 0. The summed E-state index contributed by atoms with van der Waals surface area (Å²) in [5.74, 6) is 0.255. The SMILES string of the molecule is CCC(=O)N1CCC2(CC1)N=N2. The van der Waals surface area contributed by atoms with Crippen LogP contribution in [0.4, 0.5) is 0 Å². The highest BCUT2D eigenvalue weighted by Gasteiger charge is 2.43. The molecule has 2 heterocycles. The number of rotatable bonds is 1. The van der Waals surface area contributed by atoms with Crippen molar-refractivity contribution in [3.63, 3.8) is 0 Å².